The van der Waals surface area contributed by atoms with E-state index >= 15 is 0 Å². The van der Waals surface area contributed by atoms with Gasteiger partial charge < -0.3 is 15.7 Å². The van der Waals surface area contributed by atoms with Crippen LogP contribution in [0.5, 0.6) is 0 Å². The van der Waals surface area contributed by atoms with E-state index < -0.39 is 5.97 Å². The molecule has 1 aromatic carbocycles. The van der Waals surface area contributed by atoms with Crippen molar-refractivity contribution in [2.75, 3.05) is 11.9 Å². The topological polar surface area (TPSA) is 91.3 Å². The fraction of sp³-hybridized carbons (Fsp3) is 0.409. The number of carboxylic acids is 1. The van der Waals surface area contributed by atoms with E-state index in [0.717, 1.165) is 18.4 Å². The molecule has 166 valence electrons. The Balaban J connectivity index is 1.57. The lowest BCUT2D eigenvalue weighted by Crippen LogP contribution is -2.32. The fourth-order valence-corrected chi connectivity index (χ4v) is 4.45. The number of carbonyl (C=O) groups is 2. The number of anilines is 1. The van der Waals surface area contributed by atoms with Crippen molar-refractivity contribution in [2.45, 2.75) is 38.6 Å². The molecule has 3 N–H and O–H groups in total. The molecule has 0 radical (unpaired) electrons. The second-order valence-corrected chi connectivity index (χ2v) is 9.02. The van der Waals surface area contributed by atoms with Gasteiger partial charge in [-0.05, 0) is 56.2 Å². The molecule has 1 aliphatic carbocycles. The summed E-state index contributed by atoms with van der Waals surface area (Å²) >= 11 is 18.7. The van der Waals surface area contributed by atoms with Crippen molar-refractivity contribution in [1.29, 1.82) is 0 Å². The van der Waals surface area contributed by atoms with Crippen molar-refractivity contribution in [2.24, 2.45) is 11.8 Å². The maximum absolute atomic E-state index is 12.5. The van der Waals surface area contributed by atoms with Crippen LogP contribution in [0.1, 0.15) is 54.6 Å². The normalized spacial score (nSPS) is 19.5. The number of pyridine rings is 1. The SMILES string of the molecule is C[C@H](Nc1ncc(C(=O)NCC2CCC(C(=O)O)CC2)cc1Cl)c1cccc(Cl)c1Cl. The number of carbonyl (C=O) groups excluding carboxylic acids is 1. The van der Waals surface area contributed by atoms with Gasteiger partial charge >= 0.3 is 5.97 Å². The lowest BCUT2D eigenvalue weighted by molar-refractivity contribution is -0.143. The van der Waals surface area contributed by atoms with Gasteiger partial charge in [0.2, 0.25) is 0 Å². The zero-order valence-corrected chi connectivity index (χ0v) is 19.3. The Hall–Kier alpha value is -2.02. The van der Waals surface area contributed by atoms with Gasteiger partial charge in [0.15, 0.2) is 0 Å². The summed E-state index contributed by atoms with van der Waals surface area (Å²) < 4.78 is 0. The average molecular weight is 485 g/mol. The molecular formula is C22H24Cl3N3O3. The first-order valence-electron chi connectivity index (χ1n) is 10.1. The van der Waals surface area contributed by atoms with Crippen molar-refractivity contribution >= 4 is 52.5 Å². The van der Waals surface area contributed by atoms with E-state index in [9.17, 15) is 9.59 Å². The summed E-state index contributed by atoms with van der Waals surface area (Å²) in [6, 6.07) is 6.78. The van der Waals surface area contributed by atoms with Gasteiger partial charge in [-0.15, -0.1) is 0 Å². The molecule has 1 saturated carbocycles. The highest BCUT2D eigenvalue weighted by molar-refractivity contribution is 6.42. The number of aliphatic carboxylic acids is 1. The molecule has 0 bridgehead atoms. The van der Waals surface area contributed by atoms with E-state index in [0.29, 0.717) is 45.8 Å². The number of halogens is 3. The molecule has 1 fully saturated rings. The molecule has 1 amide bonds. The second-order valence-electron chi connectivity index (χ2n) is 7.83. The van der Waals surface area contributed by atoms with Crippen LogP contribution >= 0.6 is 34.8 Å². The van der Waals surface area contributed by atoms with Crippen LogP contribution in [0.15, 0.2) is 30.5 Å². The number of rotatable bonds is 7. The first-order chi connectivity index (χ1) is 14.8. The van der Waals surface area contributed by atoms with Gasteiger partial charge in [-0.25, -0.2) is 4.98 Å². The van der Waals surface area contributed by atoms with Gasteiger partial charge in [-0.3, -0.25) is 9.59 Å². The number of hydrogen-bond donors (Lipinski definition) is 3. The molecule has 31 heavy (non-hydrogen) atoms. The van der Waals surface area contributed by atoms with Crippen molar-refractivity contribution in [3.63, 3.8) is 0 Å². The van der Waals surface area contributed by atoms with E-state index in [2.05, 4.69) is 15.6 Å². The maximum atomic E-state index is 12.5. The third-order valence-electron chi connectivity index (χ3n) is 5.65. The molecule has 1 heterocycles. The highest BCUT2D eigenvalue weighted by Gasteiger charge is 2.26. The Kier molecular flexibility index (Phi) is 8.03. The van der Waals surface area contributed by atoms with Gasteiger partial charge in [0.1, 0.15) is 5.82 Å². The number of hydrogen-bond acceptors (Lipinski definition) is 4. The number of benzene rings is 1. The summed E-state index contributed by atoms with van der Waals surface area (Å²) in [5.74, 6) is -0.531. The predicted molar refractivity (Wildman–Crippen MR) is 123 cm³/mol. The third kappa shape index (κ3) is 6.03. The largest absolute Gasteiger partial charge is 0.481 e. The van der Waals surface area contributed by atoms with Crippen LogP contribution in [0.25, 0.3) is 0 Å². The molecule has 2 aromatic rings. The first kappa shape index (κ1) is 23.6. The highest BCUT2D eigenvalue weighted by Crippen LogP contribution is 2.33. The molecule has 1 aromatic heterocycles. The zero-order valence-electron chi connectivity index (χ0n) is 17.0. The zero-order chi connectivity index (χ0) is 22.5. The third-order valence-corrected chi connectivity index (χ3v) is 6.77. The van der Waals surface area contributed by atoms with Crippen LogP contribution < -0.4 is 10.6 Å². The Bertz CT molecular complexity index is 962. The smallest absolute Gasteiger partial charge is 0.306 e. The van der Waals surface area contributed by atoms with Gasteiger partial charge in [0.25, 0.3) is 5.91 Å². The summed E-state index contributed by atoms with van der Waals surface area (Å²) in [4.78, 5) is 27.8. The Morgan fingerprint density at radius 2 is 1.87 bits per heavy atom. The minimum absolute atomic E-state index is 0.197. The van der Waals surface area contributed by atoms with Crippen molar-refractivity contribution < 1.29 is 14.7 Å². The standard InChI is InChI=1S/C22H24Cl3N3O3/c1-12(16-3-2-4-17(23)19(16)25)28-20-18(24)9-15(11-26-20)21(29)27-10-13-5-7-14(8-6-13)22(30)31/h2-4,9,11-14H,5-8,10H2,1H3,(H,26,28)(H,27,29)(H,30,31)/t12-,13?,14?/m0/s1. The molecule has 3 rings (SSSR count). The number of carboxylic acid groups (broad SMARTS) is 1. The van der Waals surface area contributed by atoms with Gasteiger partial charge in [-0.1, -0.05) is 46.9 Å². The minimum Gasteiger partial charge on any atom is -0.481 e. The average Bonchev–Trinajstić information content (AvgIpc) is 2.75. The van der Waals surface area contributed by atoms with Gasteiger partial charge in [0.05, 0.1) is 32.6 Å². The molecule has 1 atom stereocenters. The van der Waals surface area contributed by atoms with Crippen LogP contribution in [0.2, 0.25) is 15.1 Å². The van der Waals surface area contributed by atoms with Crippen molar-refractivity contribution in [1.82, 2.24) is 10.3 Å². The highest BCUT2D eigenvalue weighted by atomic mass is 35.5. The summed E-state index contributed by atoms with van der Waals surface area (Å²) in [5.41, 5.74) is 1.18. The number of nitrogens with zero attached hydrogens (tertiary/aromatic N) is 1. The monoisotopic (exact) mass is 483 g/mol. The Morgan fingerprint density at radius 3 is 2.52 bits per heavy atom. The number of aromatic nitrogens is 1. The second kappa shape index (κ2) is 10.5. The Morgan fingerprint density at radius 1 is 1.16 bits per heavy atom. The van der Waals surface area contributed by atoms with Crippen LogP contribution in [0, 0.1) is 11.8 Å². The summed E-state index contributed by atoms with van der Waals surface area (Å²) in [6.45, 7) is 2.42. The summed E-state index contributed by atoms with van der Waals surface area (Å²) in [7, 11) is 0. The van der Waals surface area contributed by atoms with Gasteiger partial charge in [-0.2, -0.15) is 0 Å². The molecule has 9 heteroatoms. The van der Waals surface area contributed by atoms with Crippen LogP contribution in [0.3, 0.4) is 0 Å². The lowest BCUT2D eigenvalue weighted by atomic mass is 9.82. The number of nitrogens with one attached hydrogen (secondary N) is 2. The molecule has 0 spiro atoms. The number of amides is 1. The van der Waals surface area contributed by atoms with Crippen LogP contribution in [-0.4, -0.2) is 28.5 Å². The van der Waals surface area contributed by atoms with E-state index in [1.807, 2.05) is 19.1 Å². The molecule has 0 saturated heterocycles. The molecular weight excluding hydrogens is 461 g/mol. The molecule has 1 aliphatic rings. The maximum Gasteiger partial charge on any atom is 0.306 e. The molecule has 6 nitrogen and oxygen atoms in total. The van der Waals surface area contributed by atoms with E-state index in [4.69, 9.17) is 39.9 Å². The molecule has 0 aliphatic heterocycles. The van der Waals surface area contributed by atoms with Crippen LogP contribution in [0.4, 0.5) is 5.82 Å². The quantitative estimate of drug-likeness (QED) is 0.459. The minimum atomic E-state index is -0.733. The van der Waals surface area contributed by atoms with E-state index in [-0.39, 0.29) is 23.8 Å². The fourth-order valence-electron chi connectivity index (χ4n) is 3.76. The lowest BCUT2D eigenvalue weighted by Gasteiger charge is -2.26. The van der Waals surface area contributed by atoms with Crippen molar-refractivity contribution in [3.05, 3.63) is 56.7 Å². The predicted octanol–water partition coefficient (Wildman–Crippen LogP) is 5.84. The van der Waals surface area contributed by atoms with Crippen molar-refractivity contribution in [3.8, 4) is 0 Å². The summed E-state index contributed by atoms with van der Waals surface area (Å²) in [6.07, 6.45) is 4.36. The summed E-state index contributed by atoms with van der Waals surface area (Å²) in [5, 5.41) is 16.4. The van der Waals surface area contributed by atoms with E-state index in [1.165, 1.54) is 6.20 Å². The first-order valence-corrected chi connectivity index (χ1v) is 11.3. The van der Waals surface area contributed by atoms with Gasteiger partial charge in [0, 0.05) is 12.7 Å². The Labute approximate surface area is 196 Å². The van der Waals surface area contributed by atoms with Crippen LogP contribution in [-0.2, 0) is 4.79 Å². The molecule has 0 unspecified atom stereocenters. The van der Waals surface area contributed by atoms with E-state index in [1.54, 1.807) is 12.1 Å².